The number of hydrogen-bond donors (Lipinski definition) is 1. The van der Waals surface area contributed by atoms with Crippen LogP contribution in [-0.2, 0) is 13.1 Å². The summed E-state index contributed by atoms with van der Waals surface area (Å²) in [7, 11) is 0. The molecule has 0 radical (unpaired) electrons. The van der Waals surface area contributed by atoms with Gasteiger partial charge < -0.3 is 5.73 Å². The van der Waals surface area contributed by atoms with Crippen LogP contribution in [0, 0.1) is 5.82 Å². The summed E-state index contributed by atoms with van der Waals surface area (Å²) in [6.45, 7) is 1.39. The van der Waals surface area contributed by atoms with Gasteiger partial charge in [-0.3, -0.25) is 4.90 Å². The predicted octanol–water partition coefficient (Wildman–Crippen LogP) is 4.34. The van der Waals surface area contributed by atoms with Crippen LogP contribution in [0.3, 0.4) is 0 Å². The lowest BCUT2D eigenvalue weighted by Gasteiger charge is -2.23. The molecule has 0 bridgehead atoms. The van der Waals surface area contributed by atoms with E-state index in [1.165, 1.54) is 18.9 Å². The molecule has 2 aromatic rings. The second kappa shape index (κ2) is 6.16. The summed E-state index contributed by atoms with van der Waals surface area (Å²) in [5, 5.41) is 0. The summed E-state index contributed by atoms with van der Waals surface area (Å²) in [4.78, 5) is 2.32. The molecule has 0 amide bonds. The molecular weight excluding hydrogens is 331 g/mol. The highest BCUT2D eigenvalue weighted by atomic mass is 79.9. The minimum absolute atomic E-state index is 0.156. The molecule has 0 saturated heterocycles. The number of nitrogen functional groups attached to an aromatic ring is 1. The highest BCUT2D eigenvalue weighted by Gasteiger charge is 2.29. The fraction of sp³-hybridized carbons (Fsp3) is 0.294. The van der Waals surface area contributed by atoms with Gasteiger partial charge in [0.15, 0.2) is 0 Å². The van der Waals surface area contributed by atoms with E-state index in [2.05, 4.69) is 20.8 Å². The maximum absolute atomic E-state index is 14.0. The van der Waals surface area contributed by atoms with E-state index in [9.17, 15) is 4.39 Å². The Morgan fingerprint density at radius 2 is 1.81 bits per heavy atom. The molecule has 2 N–H and O–H groups in total. The lowest BCUT2D eigenvalue weighted by molar-refractivity contribution is 0.242. The largest absolute Gasteiger partial charge is 0.398 e. The van der Waals surface area contributed by atoms with Crippen LogP contribution in [0.2, 0.25) is 0 Å². The second-order valence-electron chi connectivity index (χ2n) is 5.57. The van der Waals surface area contributed by atoms with Crippen molar-refractivity contribution in [2.45, 2.75) is 32.0 Å². The number of nitrogens with zero attached hydrogens (tertiary/aromatic N) is 1. The number of benzene rings is 2. The number of halogens is 2. The maximum atomic E-state index is 14.0. The first kappa shape index (κ1) is 14.5. The van der Waals surface area contributed by atoms with Crippen molar-refractivity contribution in [2.75, 3.05) is 5.73 Å². The van der Waals surface area contributed by atoms with Gasteiger partial charge in [-0.15, -0.1) is 0 Å². The van der Waals surface area contributed by atoms with Gasteiger partial charge in [0.05, 0.1) is 0 Å². The van der Waals surface area contributed by atoms with E-state index in [1.54, 1.807) is 0 Å². The third kappa shape index (κ3) is 3.63. The number of nitrogens with two attached hydrogens (primary N) is 1. The summed E-state index contributed by atoms with van der Waals surface area (Å²) in [6.07, 6.45) is 2.37. The van der Waals surface area contributed by atoms with Crippen LogP contribution < -0.4 is 5.73 Å². The Morgan fingerprint density at radius 3 is 2.48 bits per heavy atom. The zero-order valence-electron chi connectivity index (χ0n) is 11.7. The van der Waals surface area contributed by atoms with Gasteiger partial charge >= 0.3 is 0 Å². The van der Waals surface area contributed by atoms with Gasteiger partial charge in [-0.25, -0.2) is 4.39 Å². The first-order chi connectivity index (χ1) is 10.1. The van der Waals surface area contributed by atoms with Gasteiger partial charge in [0.25, 0.3) is 0 Å². The van der Waals surface area contributed by atoms with Gasteiger partial charge in [-0.1, -0.05) is 40.2 Å². The monoisotopic (exact) mass is 348 g/mol. The summed E-state index contributed by atoms with van der Waals surface area (Å²) in [5.41, 5.74) is 8.68. The molecule has 0 aliphatic heterocycles. The van der Waals surface area contributed by atoms with Gasteiger partial charge in [-0.2, -0.15) is 0 Å². The molecule has 2 aromatic carbocycles. The van der Waals surface area contributed by atoms with E-state index in [0.29, 0.717) is 12.6 Å². The summed E-state index contributed by atoms with van der Waals surface area (Å²) in [5.74, 6) is -0.156. The fourth-order valence-electron chi connectivity index (χ4n) is 2.52. The molecule has 0 heterocycles. The second-order valence-corrected chi connectivity index (χ2v) is 6.49. The molecule has 21 heavy (non-hydrogen) atoms. The summed E-state index contributed by atoms with van der Waals surface area (Å²) >= 11 is 3.30. The number of anilines is 1. The van der Waals surface area contributed by atoms with Gasteiger partial charge in [0.2, 0.25) is 0 Å². The summed E-state index contributed by atoms with van der Waals surface area (Å²) < 4.78 is 14.8. The Morgan fingerprint density at radius 1 is 1.10 bits per heavy atom. The number of hydrogen-bond acceptors (Lipinski definition) is 2. The first-order valence-electron chi connectivity index (χ1n) is 7.15. The van der Waals surface area contributed by atoms with Crippen LogP contribution in [0.15, 0.2) is 46.9 Å². The van der Waals surface area contributed by atoms with E-state index in [4.69, 9.17) is 5.73 Å². The highest BCUT2D eigenvalue weighted by Crippen LogP contribution is 2.31. The molecule has 1 aliphatic rings. The van der Waals surface area contributed by atoms with Crippen molar-refractivity contribution in [2.24, 2.45) is 0 Å². The Bertz CT molecular complexity index is 640. The minimum Gasteiger partial charge on any atom is -0.398 e. The Labute approximate surface area is 132 Å². The van der Waals surface area contributed by atoms with Crippen LogP contribution >= 0.6 is 15.9 Å². The fourth-order valence-corrected chi connectivity index (χ4v) is 2.85. The molecular formula is C17H18BrFN2. The third-order valence-corrected chi connectivity index (χ3v) is 4.37. The normalized spacial score (nSPS) is 14.6. The molecule has 1 saturated carbocycles. The van der Waals surface area contributed by atoms with E-state index in [-0.39, 0.29) is 5.82 Å². The predicted molar refractivity (Wildman–Crippen MR) is 87.2 cm³/mol. The van der Waals surface area contributed by atoms with Crippen molar-refractivity contribution < 1.29 is 4.39 Å². The van der Waals surface area contributed by atoms with Crippen molar-refractivity contribution in [3.8, 4) is 0 Å². The first-order valence-corrected chi connectivity index (χ1v) is 7.94. The van der Waals surface area contributed by atoms with Crippen LogP contribution in [0.1, 0.15) is 24.0 Å². The molecule has 2 nitrogen and oxygen atoms in total. The number of para-hydroxylation sites is 1. The number of rotatable bonds is 5. The van der Waals surface area contributed by atoms with Gasteiger partial charge in [0.1, 0.15) is 5.82 Å². The Balaban J connectivity index is 1.78. The maximum Gasteiger partial charge on any atom is 0.128 e. The Hall–Kier alpha value is -1.39. The molecule has 3 rings (SSSR count). The van der Waals surface area contributed by atoms with E-state index in [0.717, 1.165) is 27.8 Å². The van der Waals surface area contributed by atoms with E-state index < -0.39 is 0 Å². The summed E-state index contributed by atoms with van der Waals surface area (Å²) in [6, 6.07) is 13.7. The molecule has 0 aromatic heterocycles. The zero-order chi connectivity index (χ0) is 14.8. The van der Waals surface area contributed by atoms with Crippen molar-refractivity contribution in [3.05, 3.63) is 63.9 Å². The molecule has 1 fully saturated rings. The lowest BCUT2D eigenvalue weighted by atomic mass is 10.1. The zero-order valence-corrected chi connectivity index (χ0v) is 13.3. The topological polar surface area (TPSA) is 29.3 Å². The van der Waals surface area contributed by atoms with Gasteiger partial charge in [-0.05, 0) is 36.6 Å². The van der Waals surface area contributed by atoms with E-state index in [1.807, 2.05) is 36.4 Å². The lowest BCUT2D eigenvalue weighted by Crippen LogP contribution is -2.26. The molecule has 110 valence electrons. The molecule has 0 atom stereocenters. The molecule has 0 spiro atoms. The van der Waals surface area contributed by atoms with Crippen molar-refractivity contribution in [1.29, 1.82) is 0 Å². The average molecular weight is 349 g/mol. The quantitative estimate of drug-likeness (QED) is 0.814. The molecule has 0 unspecified atom stereocenters. The van der Waals surface area contributed by atoms with Gasteiger partial charge in [0, 0.05) is 34.9 Å². The van der Waals surface area contributed by atoms with Crippen LogP contribution in [0.25, 0.3) is 0 Å². The van der Waals surface area contributed by atoms with E-state index >= 15 is 0 Å². The smallest absolute Gasteiger partial charge is 0.128 e. The molecule has 4 heteroatoms. The van der Waals surface area contributed by atoms with Crippen molar-refractivity contribution >= 4 is 21.6 Å². The van der Waals surface area contributed by atoms with Crippen molar-refractivity contribution in [1.82, 2.24) is 4.90 Å². The van der Waals surface area contributed by atoms with Crippen LogP contribution in [0.4, 0.5) is 10.1 Å². The van der Waals surface area contributed by atoms with Crippen LogP contribution in [0.5, 0.6) is 0 Å². The molecule has 1 aliphatic carbocycles. The minimum atomic E-state index is -0.156. The Kier molecular flexibility index (Phi) is 4.27. The standard InChI is InChI=1S/C17H18BrFN2/c18-14-6-5-12(16(19)9-14)10-21(15-7-8-15)11-13-3-1-2-4-17(13)20/h1-6,9,15H,7-8,10-11,20H2. The third-order valence-electron chi connectivity index (χ3n) is 3.88. The average Bonchev–Trinajstić information content (AvgIpc) is 3.27. The highest BCUT2D eigenvalue weighted by molar-refractivity contribution is 9.10. The van der Waals surface area contributed by atoms with Crippen LogP contribution in [-0.4, -0.2) is 10.9 Å². The SMILES string of the molecule is Nc1ccccc1CN(Cc1ccc(Br)cc1F)C1CC1. The van der Waals surface area contributed by atoms with Crippen molar-refractivity contribution in [3.63, 3.8) is 0 Å².